The molecule has 0 aliphatic heterocycles. The van der Waals surface area contributed by atoms with E-state index in [4.69, 9.17) is 4.98 Å². The zero-order valence-electron chi connectivity index (χ0n) is 19.6. The highest BCUT2D eigenvalue weighted by Crippen LogP contribution is 2.25. The summed E-state index contributed by atoms with van der Waals surface area (Å²) in [5.41, 5.74) is 5.71. The highest BCUT2D eigenvalue weighted by molar-refractivity contribution is 5.66. The van der Waals surface area contributed by atoms with Crippen LogP contribution in [-0.4, -0.2) is 9.55 Å². The lowest BCUT2D eigenvalue weighted by molar-refractivity contribution is 1.07. The normalized spacial score (nSPS) is 9.17. The van der Waals surface area contributed by atoms with E-state index in [0.29, 0.717) is 0 Å². The highest BCUT2D eigenvalue weighted by Gasteiger charge is 2.09. The minimum Gasteiger partial charge on any atom is -0.300 e. The summed E-state index contributed by atoms with van der Waals surface area (Å²) in [6, 6.07) is 29.4. The molecular formula is C28H36N2. The van der Waals surface area contributed by atoms with E-state index in [1.54, 1.807) is 0 Å². The maximum atomic E-state index is 4.70. The number of aromatic nitrogens is 2. The van der Waals surface area contributed by atoms with E-state index in [9.17, 15) is 0 Å². The monoisotopic (exact) mass is 400 g/mol. The van der Waals surface area contributed by atoms with Crippen molar-refractivity contribution in [2.75, 3.05) is 0 Å². The molecule has 1 aromatic heterocycles. The van der Waals surface area contributed by atoms with Crippen LogP contribution in [-0.2, 0) is 0 Å². The molecule has 4 aromatic rings. The SMILES string of the molecule is CC.CC.CC.Cc1cn(-c2ccc(-c3ccccc3)cc2)c(-c2ccccc2)n1. The van der Waals surface area contributed by atoms with E-state index >= 15 is 0 Å². The topological polar surface area (TPSA) is 17.8 Å². The van der Waals surface area contributed by atoms with Crippen molar-refractivity contribution in [2.24, 2.45) is 0 Å². The van der Waals surface area contributed by atoms with Crippen LogP contribution in [0.1, 0.15) is 47.2 Å². The van der Waals surface area contributed by atoms with Gasteiger partial charge in [0.05, 0.1) is 5.69 Å². The van der Waals surface area contributed by atoms with E-state index < -0.39 is 0 Å². The second-order valence-corrected chi connectivity index (χ2v) is 5.85. The Bertz CT molecular complexity index is 937. The van der Waals surface area contributed by atoms with Gasteiger partial charge in [0.2, 0.25) is 0 Å². The largest absolute Gasteiger partial charge is 0.300 e. The minimum absolute atomic E-state index is 0.973. The smallest absolute Gasteiger partial charge is 0.144 e. The predicted octanol–water partition coefficient (Wildman–Crippen LogP) is 8.59. The third-order valence-corrected chi connectivity index (χ3v) is 4.11. The lowest BCUT2D eigenvalue weighted by Gasteiger charge is -2.09. The summed E-state index contributed by atoms with van der Waals surface area (Å²) in [5, 5.41) is 0. The number of imidazole rings is 1. The molecule has 0 amide bonds. The molecule has 158 valence electrons. The molecule has 0 bridgehead atoms. The number of benzene rings is 3. The molecule has 0 unspecified atom stereocenters. The standard InChI is InChI=1S/C22H18N2.3C2H6/c1-17-16-24(22(23-17)20-10-6-3-7-11-20)21-14-12-19(13-15-21)18-8-4-2-5-9-18;3*1-2/h2-16H,1H3;3*1-2H3. The van der Waals surface area contributed by atoms with Crippen LogP contribution in [0.15, 0.2) is 91.1 Å². The average Bonchev–Trinajstić information content (AvgIpc) is 3.26. The molecule has 0 N–H and O–H groups in total. The molecule has 0 saturated heterocycles. The summed E-state index contributed by atoms with van der Waals surface area (Å²) in [6.07, 6.45) is 2.08. The van der Waals surface area contributed by atoms with Crippen molar-refractivity contribution in [3.8, 4) is 28.2 Å². The van der Waals surface area contributed by atoms with Crippen molar-refractivity contribution in [3.05, 3.63) is 96.8 Å². The Labute approximate surface area is 183 Å². The molecule has 0 aliphatic rings. The average molecular weight is 401 g/mol. The number of aryl methyl sites for hydroxylation is 1. The van der Waals surface area contributed by atoms with Crippen LogP contribution in [0.5, 0.6) is 0 Å². The van der Waals surface area contributed by atoms with E-state index in [-0.39, 0.29) is 0 Å². The molecule has 0 fully saturated rings. The van der Waals surface area contributed by atoms with Crippen molar-refractivity contribution < 1.29 is 0 Å². The third-order valence-electron chi connectivity index (χ3n) is 4.11. The van der Waals surface area contributed by atoms with Crippen molar-refractivity contribution in [1.82, 2.24) is 9.55 Å². The second kappa shape index (κ2) is 13.9. The quantitative estimate of drug-likeness (QED) is 0.336. The van der Waals surface area contributed by atoms with E-state index in [1.165, 1.54) is 11.1 Å². The van der Waals surface area contributed by atoms with Crippen LogP contribution in [0.3, 0.4) is 0 Å². The molecule has 1 heterocycles. The van der Waals surface area contributed by atoms with Gasteiger partial charge in [-0.2, -0.15) is 0 Å². The van der Waals surface area contributed by atoms with Gasteiger partial charge in [0, 0.05) is 17.4 Å². The third kappa shape index (κ3) is 6.45. The van der Waals surface area contributed by atoms with Crippen LogP contribution >= 0.6 is 0 Å². The molecule has 30 heavy (non-hydrogen) atoms. The lowest BCUT2D eigenvalue weighted by atomic mass is 10.1. The van der Waals surface area contributed by atoms with Gasteiger partial charge in [-0.05, 0) is 30.2 Å². The fourth-order valence-electron chi connectivity index (χ4n) is 2.93. The van der Waals surface area contributed by atoms with Gasteiger partial charge in [0.25, 0.3) is 0 Å². The maximum absolute atomic E-state index is 4.70. The fourth-order valence-corrected chi connectivity index (χ4v) is 2.93. The predicted molar refractivity (Wildman–Crippen MR) is 133 cm³/mol. The summed E-state index contributed by atoms with van der Waals surface area (Å²) >= 11 is 0. The van der Waals surface area contributed by atoms with Crippen LogP contribution in [0.2, 0.25) is 0 Å². The van der Waals surface area contributed by atoms with Gasteiger partial charge in [-0.25, -0.2) is 4.98 Å². The minimum atomic E-state index is 0.973. The Morgan fingerprint density at radius 1 is 0.533 bits per heavy atom. The zero-order chi connectivity index (χ0) is 22.4. The van der Waals surface area contributed by atoms with E-state index in [2.05, 4.69) is 71.4 Å². The van der Waals surface area contributed by atoms with Gasteiger partial charge < -0.3 is 0 Å². The molecule has 0 aliphatic carbocycles. The second-order valence-electron chi connectivity index (χ2n) is 5.85. The highest BCUT2D eigenvalue weighted by atomic mass is 15.1. The van der Waals surface area contributed by atoms with Crippen molar-refractivity contribution in [2.45, 2.75) is 48.5 Å². The summed E-state index contributed by atoms with van der Waals surface area (Å²) in [5.74, 6) is 0.973. The molecule has 0 saturated carbocycles. The molecule has 0 spiro atoms. The fraction of sp³-hybridized carbons (Fsp3) is 0.250. The maximum Gasteiger partial charge on any atom is 0.144 e. The summed E-state index contributed by atoms with van der Waals surface area (Å²) in [4.78, 5) is 4.70. The van der Waals surface area contributed by atoms with E-state index in [1.807, 2.05) is 72.7 Å². The molecule has 4 rings (SSSR count). The Morgan fingerprint density at radius 2 is 0.967 bits per heavy atom. The van der Waals surface area contributed by atoms with Gasteiger partial charge in [0.1, 0.15) is 5.82 Å². The van der Waals surface area contributed by atoms with Crippen LogP contribution in [0, 0.1) is 6.92 Å². The van der Waals surface area contributed by atoms with Gasteiger partial charge >= 0.3 is 0 Å². The van der Waals surface area contributed by atoms with Gasteiger partial charge in [-0.1, -0.05) is 114 Å². The summed E-state index contributed by atoms with van der Waals surface area (Å²) < 4.78 is 2.15. The summed E-state index contributed by atoms with van der Waals surface area (Å²) in [7, 11) is 0. The van der Waals surface area contributed by atoms with Crippen LogP contribution < -0.4 is 0 Å². The van der Waals surface area contributed by atoms with Gasteiger partial charge in [-0.15, -0.1) is 0 Å². The molecule has 0 radical (unpaired) electrons. The first-order chi connectivity index (χ1) is 14.8. The lowest BCUT2D eigenvalue weighted by Crippen LogP contribution is -1.96. The van der Waals surface area contributed by atoms with Crippen molar-refractivity contribution in [3.63, 3.8) is 0 Å². The van der Waals surface area contributed by atoms with Crippen molar-refractivity contribution in [1.29, 1.82) is 0 Å². The van der Waals surface area contributed by atoms with Gasteiger partial charge in [-0.3, -0.25) is 4.57 Å². The van der Waals surface area contributed by atoms with E-state index in [0.717, 1.165) is 22.8 Å². The Hall–Kier alpha value is -3.13. The van der Waals surface area contributed by atoms with Gasteiger partial charge in [0.15, 0.2) is 0 Å². The molecule has 2 heteroatoms. The van der Waals surface area contributed by atoms with Crippen LogP contribution in [0.4, 0.5) is 0 Å². The van der Waals surface area contributed by atoms with Crippen LogP contribution in [0.25, 0.3) is 28.2 Å². The van der Waals surface area contributed by atoms with Crippen molar-refractivity contribution >= 4 is 0 Å². The number of hydrogen-bond acceptors (Lipinski definition) is 1. The Morgan fingerprint density at radius 3 is 1.47 bits per heavy atom. The molecule has 3 aromatic carbocycles. The molecular weight excluding hydrogens is 364 g/mol. The number of nitrogens with zero attached hydrogens (tertiary/aromatic N) is 2. The first kappa shape index (κ1) is 24.9. The Balaban J connectivity index is 0.000000691. The number of hydrogen-bond donors (Lipinski definition) is 0. The zero-order valence-corrected chi connectivity index (χ0v) is 19.6. The molecule has 2 nitrogen and oxygen atoms in total. The first-order valence-electron chi connectivity index (χ1n) is 11.1. The molecule has 0 atom stereocenters. The Kier molecular flexibility index (Phi) is 11.6. The number of rotatable bonds is 3. The summed E-state index contributed by atoms with van der Waals surface area (Å²) in [6.45, 7) is 14.0. The first-order valence-corrected chi connectivity index (χ1v) is 11.1.